The van der Waals surface area contributed by atoms with Gasteiger partial charge >= 0.3 is 0 Å². The largest absolute Gasteiger partial charge is 0.497 e. The van der Waals surface area contributed by atoms with Gasteiger partial charge in [-0.15, -0.1) is 0 Å². The van der Waals surface area contributed by atoms with E-state index >= 15 is 0 Å². The minimum absolute atomic E-state index is 0.00694. The standard InChI is InChI=1S/C8H10O3S.2C6H7NO.C5H12O2.C4H10O2/c1-11-7-3-5-8(6-4-7)12(2,9)10;1-5-2-3-7-6(8)4-5;1-5-3-2-4-7-6(5)8;1-5(7-3)4-6-2;1-4(3-5)6-2/h3-6H,1-2H3;2*2-4H,1H3,(H,7,8);5H,4H2,1-3H3;4-5H,3H2,1-2H3/t;;;5-;4-/m...11/s1. The molecule has 0 unspecified atom stereocenters. The molecule has 1 aromatic carbocycles. The predicted molar refractivity (Wildman–Crippen MR) is 162 cm³/mol. The fraction of sp³-hybridized carbons (Fsp3) is 0.448. The van der Waals surface area contributed by atoms with Gasteiger partial charge in [0.15, 0.2) is 9.84 Å². The molecule has 41 heavy (non-hydrogen) atoms. The van der Waals surface area contributed by atoms with Crippen molar-refractivity contribution in [2.75, 3.05) is 47.9 Å². The SMILES string of the molecule is COC[C@@H](C)OC.CO[C@H](C)CO.COc1ccc(S(C)(=O)=O)cc1.Cc1cc[nH]c(=O)c1.Cc1ccc[nH]c1=O. The Labute approximate surface area is 243 Å². The molecule has 11 nitrogen and oxygen atoms in total. The van der Waals surface area contributed by atoms with Crippen molar-refractivity contribution in [1.29, 1.82) is 0 Å². The molecule has 0 aliphatic carbocycles. The van der Waals surface area contributed by atoms with Crippen LogP contribution in [0, 0.1) is 13.8 Å². The van der Waals surface area contributed by atoms with Crippen molar-refractivity contribution in [3.05, 3.63) is 92.8 Å². The van der Waals surface area contributed by atoms with E-state index in [1.807, 2.05) is 19.9 Å². The monoisotopic (exact) mass is 598 g/mol. The Kier molecular flexibility index (Phi) is 22.8. The van der Waals surface area contributed by atoms with E-state index in [1.165, 1.54) is 25.5 Å². The third-order valence-electron chi connectivity index (χ3n) is 4.90. The first-order chi connectivity index (χ1) is 19.2. The molecule has 3 N–H and O–H groups in total. The van der Waals surface area contributed by atoms with Gasteiger partial charge in [0.2, 0.25) is 5.56 Å². The molecular weight excluding hydrogens is 552 g/mol. The number of aliphatic hydroxyl groups is 1. The maximum Gasteiger partial charge on any atom is 0.250 e. The van der Waals surface area contributed by atoms with E-state index in [-0.39, 0.29) is 29.9 Å². The minimum atomic E-state index is -3.08. The summed E-state index contributed by atoms with van der Waals surface area (Å²) in [4.78, 5) is 26.4. The van der Waals surface area contributed by atoms with Crippen LogP contribution in [0.5, 0.6) is 5.75 Å². The molecule has 3 aromatic rings. The number of aryl methyl sites for hydroxylation is 2. The van der Waals surface area contributed by atoms with Crippen LogP contribution in [0.1, 0.15) is 25.0 Å². The number of benzene rings is 1. The van der Waals surface area contributed by atoms with E-state index in [1.54, 1.807) is 77.9 Å². The number of methoxy groups -OCH3 is 4. The number of sulfone groups is 1. The number of pyridine rings is 2. The van der Waals surface area contributed by atoms with Gasteiger partial charge in [-0.2, -0.15) is 0 Å². The number of aromatic amines is 2. The Bertz CT molecular complexity index is 1270. The first kappa shape index (κ1) is 39.9. The number of ether oxygens (including phenoxy) is 4. The van der Waals surface area contributed by atoms with E-state index < -0.39 is 9.84 Å². The molecule has 0 aliphatic rings. The summed E-state index contributed by atoms with van der Waals surface area (Å²) in [5.41, 5.74) is 1.71. The van der Waals surface area contributed by atoms with Gasteiger partial charge in [-0.05, 0) is 69.7 Å². The molecule has 0 radical (unpaired) electrons. The van der Waals surface area contributed by atoms with Crippen molar-refractivity contribution in [1.82, 2.24) is 9.97 Å². The van der Waals surface area contributed by atoms with Gasteiger partial charge in [0, 0.05) is 51.6 Å². The van der Waals surface area contributed by atoms with Gasteiger partial charge in [0.25, 0.3) is 5.56 Å². The topological polar surface area (TPSA) is 157 Å². The zero-order valence-electron chi connectivity index (χ0n) is 25.5. The van der Waals surface area contributed by atoms with Crippen molar-refractivity contribution < 1.29 is 32.5 Å². The lowest BCUT2D eigenvalue weighted by Crippen LogP contribution is -2.11. The van der Waals surface area contributed by atoms with E-state index in [0.29, 0.717) is 17.3 Å². The van der Waals surface area contributed by atoms with Crippen molar-refractivity contribution >= 4 is 9.84 Å². The van der Waals surface area contributed by atoms with Crippen LogP contribution in [0.15, 0.2) is 75.4 Å². The van der Waals surface area contributed by atoms with E-state index in [4.69, 9.17) is 19.3 Å². The zero-order valence-corrected chi connectivity index (χ0v) is 26.3. The van der Waals surface area contributed by atoms with E-state index in [2.05, 4.69) is 14.7 Å². The quantitative estimate of drug-likeness (QED) is 0.372. The molecule has 0 fully saturated rings. The Balaban J connectivity index is 0. The number of hydrogen-bond donors (Lipinski definition) is 3. The summed E-state index contributed by atoms with van der Waals surface area (Å²) < 4.78 is 41.2. The average molecular weight is 599 g/mol. The normalized spacial score (nSPS) is 11.4. The number of nitrogens with one attached hydrogen (secondary N) is 2. The number of hydrogen-bond acceptors (Lipinski definition) is 9. The van der Waals surface area contributed by atoms with E-state index in [0.717, 1.165) is 11.1 Å². The molecule has 0 saturated carbocycles. The van der Waals surface area contributed by atoms with Crippen LogP contribution in [0.25, 0.3) is 0 Å². The highest BCUT2D eigenvalue weighted by molar-refractivity contribution is 7.90. The third kappa shape index (κ3) is 22.1. The fourth-order valence-corrected chi connectivity index (χ4v) is 2.89. The lowest BCUT2D eigenvalue weighted by molar-refractivity contribution is 0.0401. The number of rotatable bonds is 7. The summed E-state index contributed by atoms with van der Waals surface area (Å²) in [6.45, 7) is 8.21. The van der Waals surface area contributed by atoms with Crippen LogP contribution in [0.2, 0.25) is 0 Å². The van der Waals surface area contributed by atoms with Gasteiger partial charge in [0.05, 0.1) is 37.4 Å². The summed E-state index contributed by atoms with van der Waals surface area (Å²) in [6, 6.07) is 13.3. The average Bonchev–Trinajstić information content (AvgIpc) is 2.95. The minimum Gasteiger partial charge on any atom is -0.497 e. The van der Waals surface area contributed by atoms with Crippen LogP contribution < -0.4 is 15.9 Å². The van der Waals surface area contributed by atoms with Gasteiger partial charge in [0.1, 0.15) is 5.75 Å². The number of aromatic nitrogens is 2. The molecule has 2 heterocycles. The first-order valence-corrected chi connectivity index (χ1v) is 14.4. The Morgan fingerprint density at radius 2 is 1.44 bits per heavy atom. The fourth-order valence-electron chi connectivity index (χ4n) is 2.26. The van der Waals surface area contributed by atoms with Crippen molar-refractivity contribution in [3.63, 3.8) is 0 Å². The highest BCUT2D eigenvalue weighted by Crippen LogP contribution is 2.14. The molecule has 12 heteroatoms. The van der Waals surface area contributed by atoms with Gasteiger partial charge < -0.3 is 34.0 Å². The zero-order chi connectivity index (χ0) is 31.8. The maximum atomic E-state index is 11.0. The van der Waals surface area contributed by atoms with Gasteiger partial charge in [-0.1, -0.05) is 6.07 Å². The lowest BCUT2D eigenvalue weighted by atomic mass is 10.3. The predicted octanol–water partition coefficient (Wildman–Crippen LogP) is 3.15. The van der Waals surface area contributed by atoms with Crippen LogP contribution >= 0.6 is 0 Å². The van der Waals surface area contributed by atoms with Gasteiger partial charge in [-0.3, -0.25) is 9.59 Å². The third-order valence-corrected chi connectivity index (χ3v) is 6.02. The molecular formula is C29H46N2O9S. The second kappa shape index (κ2) is 23.4. The molecule has 232 valence electrons. The van der Waals surface area contributed by atoms with Crippen molar-refractivity contribution in [3.8, 4) is 5.75 Å². The molecule has 0 spiro atoms. The molecule has 0 bridgehead atoms. The van der Waals surface area contributed by atoms with Crippen LogP contribution in [0.3, 0.4) is 0 Å². The Morgan fingerprint density at radius 1 is 0.854 bits per heavy atom. The second-order valence-electron chi connectivity index (χ2n) is 8.59. The van der Waals surface area contributed by atoms with Crippen LogP contribution in [-0.2, 0) is 24.0 Å². The molecule has 3 rings (SSSR count). The maximum absolute atomic E-state index is 11.0. The smallest absolute Gasteiger partial charge is 0.250 e. The molecule has 2 atom stereocenters. The Hall–Kier alpha value is -3.29. The van der Waals surface area contributed by atoms with E-state index in [9.17, 15) is 18.0 Å². The highest BCUT2D eigenvalue weighted by Gasteiger charge is 2.05. The lowest BCUT2D eigenvalue weighted by Gasteiger charge is -2.05. The number of H-pyrrole nitrogens is 2. The summed E-state index contributed by atoms with van der Waals surface area (Å²) in [7, 11) is 3.36. The molecule has 0 aliphatic heterocycles. The Morgan fingerprint density at radius 3 is 1.71 bits per heavy atom. The summed E-state index contributed by atoms with van der Waals surface area (Å²) in [5, 5.41) is 8.21. The molecule has 0 amide bonds. The second-order valence-corrected chi connectivity index (χ2v) is 10.6. The van der Waals surface area contributed by atoms with Gasteiger partial charge in [-0.25, -0.2) is 8.42 Å². The number of aliphatic hydroxyl groups excluding tert-OH is 1. The molecule has 2 aromatic heterocycles. The van der Waals surface area contributed by atoms with Crippen LogP contribution in [0.4, 0.5) is 0 Å². The highest BCUT2D eigenvalue weighted by atomic mass is 32.2. The first-order valence-electron chi connectivity index (χ1n) is 12.5. The summed E-state index contributed by atoms with van der Waals surface area (Å²) >= 11 is 0. The summed E-state index contributed by atoms with van der Waals surface area (Å²) in [5.74, 6) is 0.655. The summed E-state index contributed by atoms with van der Waals surface area (Å²) in [6.07, 6.45) is 4.65. The van der Waals surface area contributed by atoms with Crippen molar-refractivity contribution in [2.45, 2.75) is 44.8 Å². The molecule has 0 saturated heterocycles. The van der Waals surface area contributed by atoms with Crippen molar-refractivity contribution in [2.24, 2.45) is 0 Å². The van der Waals surface area contributed by atoms with Crippen LogP contribution in [-0.4, -0.2) is 83.6 Å².